The van der Waals surface area contributed by atoms with E-state index in [4.69, 9.17) is 0 Å². The summed E-state index contributed by atoms with van der Waals surface area (Å²) in [5.74, 6) is 0. The molecule has 1 N–H and O–H groups in total. The first-order valence-corrected chi connectivity index (χ1v) is 5.77. The smallest absolute Gasteiger partial charge is 0.0855 e. The van der Waals surface area contributed by atoms with Gasteiger partial charge in [-0.05, 0) is 24.4 Å². The third kappa shape index (κ3) is 2.43. The molecule has 0 spiro atoms. The molecule has 0 aliphatic heterocycles. The molecule has 78 valence electrons. The molecule has 0 saturated heterocycles. The molecule has 2 aromatic heterocycles. The average molecular weight is 219 g/mol. The third-order valence-corrected chi connectivity index (χ3v) is 3.28. The quantitative estimate of drug-likeness (QED) is 0.861. The monoisotopic (exact) mass is 219 g/mol. The number of hydrogen-bond donors (Lipinski definition) is 1. The molecule has 0 aliphatic rings. The van der Waals surface area contributed by atoms with Crippen molar-refractivity contribution in [3.63, 3.8) is 0 Å². The van der Waals surface area contributed by atoms with Crippen molar-refractivity contribution in [2.24, 2.45) is 0 Å². The lowest BCUT2D eigenvalue weighted by Crippen LogP contribution is -2.03. The van der Waals surface area contributed by atoms with Crippen molar-refractivity contribution in [3.8, 4) is 0 Å². The van der Waals surface area contributed by atoms with Gasteiger partial charge in [0, 0.05) is 28.8 Å². The predicted octanol–water partition coefficient (Wildman–Crippen LogP) is 2.73. The summed E-state index contributed by atoms with van der Waals surface area (Å²) in [4.78, 5) is 5.37. The van der Waals surface area contributed by atoms with E-state index in [9.17, 15) is 5.11 Å². The van der Waals surface area contributed by atoms with Crippen LogP contribution in [0.5, 0.6) is 0 Å². The van der Waals surface area contributed by atoms with Gasteiger partial charge in [-0.15, -0.1) is 11.3 Å². The molecule has 3 heteroatoms. The maximum atomic E-state index is 10.0. The maximum absolute atomic E-state index is 10.0. The van der Waals surface area contributed by atoms with Crippen molar-refractivity contribution < 1.29 is 5.11 Å². The van der Waals surface area contributed by atoms with Gasteiger partial charge in [-0.25, -0.2) is 0 Å². The number of thiophene rings is 1. The molecule has 2 nitrogen and oxygen atoms in total. The molecule has 2 heterocycles. The Hall–Kier alpha value is -1.19. The highest BCUT2D eigenvalue weighted by molar-refractivity contribution is 7.09. The molecule has 0 amide bonds. The molecule has 2 rings (SSSR count). The first-order valence-electron chi connectivity index (χ1n) is 4.89. The fourth-order valence-electron chi connectivity index (χ4n) is 1.58. The highest BCUT2D eigenvalue weighted by Crippen LogP contribution is 2.22. The van der Waals surface area contributed by atoms with Gasteiger partial charge < -0.3 is 5.11 Å². The van der Waals surface area contributed by atoms with Crippen molar-refractivity contribution >= 4 is 11.3 Å². The fourth-order valence-corrected chi connectivity index (χ4v) is 2.32. The molecule has 0 aromatic carbocycles. The number of aryl methyl sites for hydroxylation is 1. The maximum Gasteiger partial charge on any atom is 0.0855 e. The molecular formula is C12H13NOS. The molecule has 0 radical (unpaired) electrons. The van der Waals surface area contributed by atoms with Crippen LogP contribution >= 0.6 is 11.3 Å². The van der Waals surface area contributed by atoms with Crippen LogP contribution in [0.3, 0.4) is 0 Å². The predicted molar refractivity (Wildman–Crippen MR) is 62.0 cm³/mol. The lowest BCUT2D eigenvalue weighted by atomic mass is 10.0. The van der Waals surface area contributed by atoms with Gasteiger partial charge in [0.05, 0.1) is 6.10 Å². The Morgan fingerprint density at radius 3 is 2.93 bits per heavy atom. The minimum absolute atomic E-state index is 0.447. The lowest BCUT2D eigenvalue weighted by molar-refractivity contribution is 0.178. The van der Waals surface area contributed by atoms with Gasteiger partial charge in [0.15, 0.2) is 0 Å². The van der Waals surface area contributed by atoms with Crippen LogP contribution in [-0.2, 0) is 6.42 Å². The van der Waals surface area contributed by atoms with E-state index in [-0.39, 0.29) is 0 Å². The first-order chi connectivity index (χ1) is 7.27. The summed E-state index contributed by atoms with van der Waals surface area (Å²) in [6.45, 7) is 1.92. The second-order valence-corrected chi connectivity index (χ2v) is 4.51. The van der Waals surface area contributed by atoms with Crippen molar-refractivity contribution in [3.05, 3.63) is 52.0 Å². The fraction of sp³-hybridized carbons (Fsp3) is 0.250. The number of aliphatic hydroxyl groups is 1. The number of nitrogens with zero attached hydrogens (tertiary/aromatic N) is 1. The molecule has 1 atom stereocenters. The number of aliphatic hydroxyl groups excluding tert-OH is 1. The molecule has 0 saturated carbocycles. The van der Waals surface area contributed by atoms with E-state index >= 15 is 0 Å². The molecule has 0 bridgehead atoms. The van der Waals surface area contributed by atoms with E-state index in [1.807, 2.05) is 36.6 Å². The van der Waals surface area contributed by atoms with E-state index in [1.54, 1.807) is 17.5 Å². The van der Waals surface area contributed by atoms with Gasteiger partial charge in [0.2, 0.25) is 0 Å². The molecule has 15 heavy (non-hydrogen) atoms. The van der Waals surface area contributed by atoms with Crippen LogP contribution in [0.2, 0.25) is 0 Å². The topological polar surface area (TPSA) is 33.1 Å². The SMILES string of the molecule is Cc1ncccc1C(O)Cc1cccs1. The zero-order valence-corrected chi connectivity index (χ0v) is 9.37. The number of pyridine rings is 1. The van der Waals surface area contributed by atoms with Crippen LogP contribution < -0.4 is 0 Å². The van der Waals surface area contributed by atoms with E-state index in [2.05, 4.69) is 4.98 Å². The number of rotatable bonds is 3. The largest absolute Gasteiger partial charge is 0.388 e. The van der Waals surface area contributed by atoms with E-state index in [0.29, 0.717) is 6.42 Å². The highest BCUT2D eigenvalue weighted by atomic mass is 32.1. The van der Waals surface area contributed by atoms with Gasteiger partial charge in [0.25, 0.3) is 0 Å². The summed E-state index contributed by atoms with van der Waals surface area (Å²) >= 11 is 1.67. The van der Waals surface area contributed by atoms with Crippen molar-refractivity contribution in [2.75, 3.05) is 0 Å². The van der Waals surface area contributed by atoms with Gasteiger partial charge in [-0.1, -0.05) is 12.1 Å². The average Bonchev–Trinajstić information content (AvgIpc) is 2.71. The van der Waals surface area contributed by atoms with Gasteiger partial charge >= 0.3 is 0 Å². The Labute approximate surface area is 93.2 Å². The Balaban J connectivity index is 2.15. The van der Waals surface area contributed by atoms with Crippen LogP contribution in [0.25, 0.3) is 0 Å². The zero-order chi connectivity index (χ0) is 10.7. The van der Waals surface area contributed by atoms with Crippen LogP contribution in [-0.4, -0.2) is 10.1 Å². The Morgan fingerprint density at radius 2 is 2.27 bits per heavy atom. The second-order valence-electron chi connectivity index (χ2n) is 3.48. The Kier molecular flexibility index (Phi) is 3.14. The third-order valence-electron chi connectivity index (χ3n) is 2.38. The summed E-state index contributed by atoms with van der Waals surface area (Å²) in [5, 5.41) is 12.1. The normalized spacial score (nSPS) is 12.7. The summed E-state index contributed by atoms with van der Waals surface area (Å²) in [6, 6.07) is 7.84. The van der Waals surface area contributed by atoms with E-state index in [1.165, 1.54) is 4.88 Å². The Bertz CT molecular complexity index is 425. The van der Waals surface area contributed by atoms with Gasteiger partial charge in [0.1, 0.15) is 0 Å². The van der Waals surface area contributed by atoms with E-state index < -0.39 is 6.10 Å². The molecule has 0 aliphatic carbocycles. The first kappa shape index (κ1) is 10.3. The molecule has 2 aromatic rings. The van der Waals surface area contributed by atoms with Crippen LogP contribution in [0.15, 0.2) is 35.8 Å². The molecular weight excluding hydrogens is 206 g/mol. The lowest BCUT2D eigenvalue weighted by Gasteiger charge is -2.11. The van der Waals surface area contributed by atoms with Gasteiger partial charge in [-0.3, -0.25) is 4.98 Å². The Morgan fingerprint density at radius 1 is 1.40 bits per heavy atom. The summed E-state index contributed by atoms with van der Waals surface area (Å²) in [7, 11) is 0. The van der Waals surface area contributed by atoms with Gasteiger partial charge in [-0.2, -0.15) is 0 Å². The summed E-state index contributed by atoms with van der Waals surface area (Å²) in [5.41, 5.74) is 1.83. The van der Waals surface area contributed by atoms with Crippen LogP contribution in [0, 0.1) is 6.92 Å². The van der Waals surface area contributed by atoms with Crippen molar-refractivity contribution in [1.82, 2.24) is 4.98 Å². The highest BCUT2D eigenvalue weighted by Gasteiger charge is 2.11. The number of aromatic nitrogens is 1. The molecule has 0 fully saturated rings. The van der Waals surface area contributed by atoms with Crippen LogP contribution in [0.4, 0.5) is 0 Å². The zero-order valence-electron chi connectivity index (χ0n) is 8.55. The van der Waals surface area contributed by atoms with Crippen LogP contribution in [0.1, 0.15) is 22.2 Å². The van der Waals surface area contributed by atoms with E-state index in [0.717, 1.165) is 11.3 Å². The van der Waals surface area contributed by atoms with Crippen molar-refractivity contribution in [2.45, 2.75) is 19.4 Å². The molecule has 1 unspecified atom stereocenters. The number of hydrogen-bond acceptors (Lipinski definition) is 3. The summed E-state index contributed by atoms with van der Waals surface area (Å²) in [6.07, 6.45) is 1.97. The minimum Gasteiger partial charge on any atom is -0.388 e. The van der Waals surface area contributed by atoms with Crippen molar-refractivity contribution in [1.29, 1.82) is 0 Å². The summed E-state index contributed by atoms with van der Waals surface area (Å²) < 4.78 is 0. The second kappa shape index (κ2) is 4.55. The minimum atomic E-state index is -0.447. The standard InChI is InChI=1S/C12H13NOS/c1-9-11(5-2-6-13-9)12(14)8-10-4-3-7-15-10/h2-7,12,14H,8H2,1H3.